The first-order valence-corrected chi connectivity index (χ1v) is 18.2. The Hall–Kier alpha value is -7.61. The van der Waals surface area contributed by atoms with Crippen molar-refractivity contribution < 1.29 is 77.4 Å². The normalized spacial score (nSPS) is 9.82. The molecule has 324 valence electrons. The van der Waals surface area contributed by atoms with Crippen molar-refractivity contribution in [3.8, 4) is 11.5 Å². The number of esters is 5. The van der Waals surface area contributed by atoms with E-state index in [1.54, 1.807) is 48.5 Å². The molecule has 21 heteroatoms. The molecule has 0 saturated carbocycles. The molecule has 0 fully saturated rings. The van der Waals surface area contributed by atoms with Crippen LogP contribution < -0.4 is 9.47 Å². The first-order chi connectivity index (χ1) is 29.1. The van der Waals surface area contributed by atoms with Gasteiger partial charge < -0.3 is 38.5 Å². The number of hydrogen-bond donors (Lipinski definition) is 1. The number of halogens is 1. The van der Waals surface area contributed by atoms with Crippen molar-refractivity contribution in [2.45, 2.75) is 39.5 Å². The molecule has 0 aliphatic heterocycles. The summed E-state index contributed by atoms with van der Waals surface area (Å²) < 4.78 is 24.2. The molecule has 0 amide bonds. The minimum Gasteiger partial charge on any atom is -0.478 e. The van der Waals surface area contributed by atoms with Crippen LogP contribution in [0.25, 0.3) is 0 Å². The molecule has 0 radical (unpaired) electrons. The van der Waals surface area contributed by atoms with Crippen LogP contribution in [0, 0.1) is 20.2 Å². The Kier molecular flexibility index (Phi) is 22.0. The van der Waals surface area contributed by atoms with Gasteiger partial charge in [-0.15, -0.1) is 20.2 Å². The maximum atomic E-state index is 12.1. The van der Waals surface area contributed by atoms with Crippen LogP contribution >= 0.6 is 11.6 Å². The first-order valence-electron chi connectivity index (χ1n) is 17.7. The number of hydrogen-bond acceptors (Lipinski definition) is 17. The fraction of sp³-hybridized carbons (Fsp3) is 0.250. The third-order valence-electron chi connectivity index (χ3n) is 7.29. The Morgan fingerprint density at radius 1 is 0.574 bits per heavy atom. The van der Waals surface area contributed by atoms with E-state index in [1.807, 2.05) is 0 Å². The van der Waals surface area contributed by atoms with E-state index in [4.69, 9.17) is 35.7 Å². The quantitative estimate of drug-likeness (QED) is 0.0208. The van der Waals surface area contributed by atoms with Crippen molar-refractivity contribution in [1.82, 2.24) is 0 Å². The van der Waals surface area contributed by atoms with Crippen LogP contribution in [0.15, 0.2) is 97.1 Å². The molecule has 0 heterocycles. The highest BCUT2D eigenvalue weighted by Gasteiger charge is 2.17. The number of carbonyl (C=O) groups is 6. The average Bonchev–Trinajstić information content (AvgIpc) is 3.22. The average molecular weight is 871 g/mol. The summed E-state index contributed by atoms with van der Waals surface area (Å²) in [6.45, 7) is 1.88. The molecule has 1 N–H and O–H groups in total. The summed E-state index contributed by atoms with van der Waals surface area (Å²) in [4.78, 5) is 96.2. The number of rotatable bonds is 19. The zero-order chi connectivity index (χ0) is 45.2. The molecular weight excluding hydrogens is 832 g/mol. The lowest BCUT2D eigenvalue weighted by Crippen LogP contribution is -2.14. The van der Waals surface area contributed by atoms with Crippen LogP contribution in [-0.4, -0.2) is 77.2 Å². The van der Waals surface area contributed by atoms with Gasteiger partial charge in [0.1, 0.15) is 22.6 Å². The summed E-state index contributed by atoms with van der Waals surface area (Å²) in [7, 11) is 0. The second-order valence-electron chi connectivity index (χ2n) is 11.7. The minimum absolute atomic E-state index is 0.0112. The van der Waals surface area contributed by atoms with Gasteiger partial charge in [-0.1, -0.05) is 60.1 Å². The Labute approximate surface area is 352 Å². The van der Waals surface area contributed by atoms with Crippen molar-refractivity contribution in [3.05, 3.63) is 151 Å². The lowest BCUT2D eigenvalue weighted by atomic mass is 10.1. The molecule has 0 atom stereocenters. The molecule has 4 rings (SSSR count). The van der Waals surface area contributed by atoms with E-state index in [0.717, 1.165) is 11.1 Å². The van der Waals surface area contributed by atoms with Gasteiger partial charge in [-0.2, -0.15) is 0 Å². The van der Waals surface area contributed by atoms with E-state index in [-0.39, 0.29) is 53.0 Å². The Balaban J connectivity index is 0.000000348. The molecule has 0 saturated heterocycles. The number of benzene rings is 4. The van der Waals surface area contributed by atoms with Crippen molar-refractivity contribution in [3.63, 3.8) is 0 Å². The molecule has 0 aliphatic rings. The van der Waals surface area contributed by atoms with Gasteiger partial charge in [-0.3, -0.25) is 9.59 Å². The smallest absolute Gasteiger partial charge is 0.344 e. The van der Waals surface area contributed by atoms with Gasteiger partial charge in [0, 0.05) is 13.8 Å². The van der Waals surface area contributed by atoms with Crippen LogP contribution in [0.1, 0.15) is 79.2 Å². The molecule has 20 nitrogen and oxygen atoms in total. The van der Waals surface area contributed by atoms with Crippen LogP contribution in [0.3, 0.4) is 0 Å². The third kappa shape index (κ3) is 20.1. The summed E-state index contributed by atoms with van der Waals surface area (Å²) in [5.41, 5.74) is 2.47. The van der Waals surface area contributed by atoms with Crippen molar-refractivity contribution in [1.29, 1.82) is 0 Å². The maximum Gasteiger partial charge on any atom is 0.344 e. The number of carbonyl (C=O) groups excluding carboxylic acids is 5. The van der Waals surface area contributed by atoms with Crippen molar-refractivity contribution in [2.24, 2.45) is 0 Å². The summed E-state index contributed by atoms with van der Waals surface area (Å²) in [5, 5.41) is 26.9. The van der Waals surface area contributed by atoms with Gasteiger partial charge >= 0.3 is 35.8 Å². The van der Waals surface area contributed by atoms with Gasteiger partial charge in [0.25, 0.3) is 10.2 Å². The van der Waals surface area contributed by atoms with Crippen LogP contribution in [0.5, 0.6) is 11.5 Å². The molecule has 0 unspecified atom stereocenters. The number of alkyl halides is 1. The second kappa shape index (κ2) is 27.1. The SMILES string of the molecule is CC(=O)Oc1ccccc1C(=O)OCCl.CC(=O)Oc1ccccc1C(=O)OCOC(=O)c1ccc(CCCO[N+](=O)[O-])cc1.O=C(O)c1ccc(CCCO[N+](=O)[O-])cc1. The van der Waals surface area contributed by atoms with E-state index in [1.165, 1.54) is 62.4 Å². The van der Waals surface area contributed by atoms with Crippen LogP contribution in [-0.2, 0) is 46.3 Å². The van der Waals surface area contributed by atoms with Crippen molar-refractivity contribution >= 4 is 47.4 Å². The molecule has 0 spiro atoms. The second-order valence-corrected chi connectivity index (χ2v) is 11.9. The highest BCUT2D eigenvalue weighted by molar-refractivity contribution is 6.17. The number of aromatic carboxylic acids is 1. The highest BCUT2D eigenvalue weighted by Crippen LogP contribution is 2.20. The lowest BCUT2D eigenvalue weighted by molar-refractivity contribution is -0.757. The Bertz CT molecular complexity index is 2110. The fourth-order valence-electron chi connectivity index (χ4n) is 4.64. The lowest BCUT2D eigenvalue weighted by Gasteiger charge is -2.09. The van der Waals surface area contributed by atoms with E-state index >= 15 is 0 Å². The van der Waals surface area contributed by atoms with Crippen molar-refractivity contribution in [2.75, 3.05) is 26.1 Å². The largest absolute Gasteiger partial charge is 0.478 e. The zero-order valence-corrected chi connectivity index (χ0v) is 33.3. The molecule has 0 bridgehead atoms. The molecule has 61 heavy (non-hydrogen) atoms. The molecular formula is C40H39ClN2O18. The van der Waals surface area contributed by atoms with E-state index < -0.39 is 52.8 Å². The van der Waals surface area contributed by atoms with E-state index in [0.29, 0.717) is 25.7 Å². The molecule has 4 aromatic carbocycles. The summed E-state index contributed by atoms with van der Waals surface area (Å²) in [5.74, 6) is -3.98. The Morgan fingerprint density at radius 2 is 0.967 bits per heavy atom. The van der Waals surface area contributed by atoms with Gasteiger partial charge in [0.05, 0.1) is 24.3 Å². The molecule has 0 aliphatic carbocycles. The number of aryl methyl sites for hydroxylation is 2. The number of carboxylic acid groups (broad SMARTS) is 1. The maximum absolute atomic E-state index is 12.1. The Morgan fingerprint density at radius 3 is 1.36 bits per heavy atom. The van der Waals surface area contributed by atoms with Crippen LogP contribution in [0.2, 0.25) is 0 Å². The predicted molar refractivity (Wildman–Crippen MR) is 210 cm³/mol. The predicted octanol–water partition coefficient (Wildman–Crippen LogP) is 6.21. The summed E-state index contributed by atoms with van der Waals surface area (Å²) in [6, 6.07) is 24.9. The fourth-order valence-corrected chi connectivity index (χ4v) is 4.73. The third-order valence-corrected chi connectivity index (χ3v) is 7.40. The monoisotopic (exact) mass is 870 g/mol. The zero-order valence-electron chi connectivity index (χ0n) is 32.6. The molecule has 4 aromatic rings. The topological polar surface area (TPSA) is 274 Å². The van der Waals surface area contributed by atoms with E-state index in [9.17, 15) is 49.0 Å². The molecule has 0 aromatic heterocycles. The summed E-state index contributed by atoms with van der Waals surface area (Å²) >= 11 is 5.25. The number of nitrogens with zero attached hydrogens (tertiary/aromatic N) is 2. The summed E-state index contributed by atoms with van der Waals surface area (Å²) in [6.07, 6.45) is 2.14. The van der Waals surface area contributed by atoms with Crippen LogP contribution in [0.4, 0.5) is 0 Å². The highest BCUT2D eigenvalue weighted by atomic mass is 35.5. The minimum atomic E-state index is -0.969. The number of carboxylic acids is 1. The first kappa shape index (κ1) is 49.5. The van der Waals surface area contributed by atoms with Gasteiger partial charge in [-0.25, -0.2) is 19.2 Å². The standard InChI is InChI=1S/C20H19NO9.C10H9ClO4.C10H11NO5/c1-14(22)30-18-7-3-2-6-17(18)20(24)28-13-27-19(23)16-10-8-15(9-11-16)5-4-12-29-21(25)26;1-7(12)15-9-5-3-2-4-8(9)10(13)14-6-11;12-10(13)9-5-3-8(4-6-9)2-1-7-16-11(14)15/h2-3,6-11H,4-5,12-13H2,1H3;2-5H,6H2,1H3;3-6H,1-2,7H2,(H,12,13). The van der Waals surface area contributed by atoms with E-state index in [2.05, 4.69) is 14.4 Å². The van der Waals surface area contributed by atoms with Gasteiger partial charge in [-0.05, 0) is 85.3 Å². The number of para-hydroxylation sites is 2. The van der Waals surface area contributed by atoms with Gasteiger partial charge in [0.2, 0.25) is 6.79 Å². The number of ether oxygens (including phenoxy) is 5. The van der Waals surface area contributed by atoms with Gasteiger partial charge in [0.15, 0.2) is 6.07 Å².